The Labute approximate surface area is 126 Å². The molecule has 22 heavy (non-hydrogen) atoms. The Morgan fingerprint density at radius 1 is 1.00 bits per heavy atom. The maximum Gasteiger partial charge on any atom is 0.411 e. The lowest BCUT2D eigenvalue weighted by molar-refractivity contribution is 0.0926. The first-order chi connectivity index (χ1) is 10.6. The predicted octanol–water partition coefficient (Wildman–Crippen LogP) is 2.67. The summed E-state index contributed by atoms with van der Waals surface area (Å²) >= 11 is 0. The van der Waals surface area contributed by atoms with Gasteiger partial charge in [-0.15, -0.1) is 0 Å². The summed E-state index contributed by atoms with van der Waals surface area (Å²) in [5.74, 6) is -0.758. The second-order valence-corrected chi connectivity index (χ2v) is 4.66. The Morgan fingerprint density at radius 3 is 2.23 bits per heavy atom. The zero-order valence-electron chi connectivity index (χ0n) is 11.7. The maximum atomic E-state index is 12.4. The summed E-state index contributed by atoms with van der Waals surface area (Å²) in [6.45, 7) is 0. The molecule has 3 amide bonds. The first kappa shape index (κ1) is 13.8. The fourth-order valence-electron chi connectivity index (χ4n) is 2.32. The summed E-state index contributed by atoms with van der Waals surface area (Å²) in [5.41, 5.74) is 1.57. The summed E-state index contributed by atoms with van der Waals surface area (Å²) in [6.07, 6.45) is -0.625. The van der Waals surface area contributed by atoms with Crippen LogP contribution in [0.25, 0.3) is 0 Å². The van der Waals surface area contributed by atoms with Crippen LogP contribution in [0.15, 0.2) is 48.5 Å². The normalized spacial score (nSPS) is 13.0. The Morgan fingerprint density at radius 2 is 1.64 bits per heavy atom. The van der Waals surface area contributed by atoms with E-state index in [9.17, 15) is 14.4 Å². The molecule has 0 unspecified atom stereocenters. The number of methoxy groups -OCH3 is 1. The van der Waals surface area contributed by atoms with Gasteiger partial charge in [0.1, 0.15) is 0 Å². The molecule has 110 valence electrons. The molecule has 1 heterocycles. The summed E-state index contributed by atoms with van der Waals surface area (Å²) in [7, 11) is 1.25. The molecule has 1 aliphatic heterocycles. The zero-order chi connectivity index (χ0) is 15.7. The van der Waals surface area contributed by atoms with Gasteiger partial charge in [-0.3, -0.25) is 14.9 Å². The maximum absolute atomic E-state index is 12.4. The number of anilines is 2. The van der Waals surface area contributed by atoms with Crippen molar-refractivity contribution in [3.8, 4) is 0 Å². The van der Waals surface area contributed by atoms with Crippen LogP contribution < -0.4 is 10.2 Å². The quantitative estimate of drug-likeness (QED) is 0.864. The zero-order valence-corrected chi connectivity index (χ0v) is 11.7. The van der Waals surface area contributed by atoms with Gasteiger partial charge in [-0.1, -0.05) is 18.2 Å². The van der Waals surface area contributed by atoms with Gasteiger partial charge >= 0.3 is 6.09 Å². The van der Waals surface area contributed by atoms with Gasteiger partial charge in [-0.05, 0) is 30.3 Å². The van der Waals surface area contributed by atoms with Crippen LogP contribution in [0.2, 0.25) is 0 Å². The number of carbonyl (C=O) groups excluding carboxylic acids is 3. The molecule has 1 aliphatic rings. The van der Waals surface area contributed by atoms with Crippen molar-refractivity contribution >= 4 is 29.3 Å². The Bertz CT molecular complexity index is 750. The van der Waals surface area contributed by atoms with Crippen molar-refractivity contribution in [3.63, 3.8) is 0 Å². The van der Waals surface area contributed by atoms with Crippen LogP contribution in [0.3, 0.4) is 0 Å². The number of amides is 3. The number of nitrogens with zero attached hydrogens (tertiary/aromatic N) is 1. The highest BCUT2D eigenvalue weighted by Crippen LogP contribution is 2.29. The SMILES string of the molecule is COC(=O)Nc1cccc(N2C(=O)c3ccccc3C2=O)c1. The second-order valence-electron chi connectivity index (χ2n) is 4.66. The van der Waals surface area contributed by atoms with E-state index in [-0.39, 0.29) is 11.8 Å². The molecule has 0 fully saturated rings. The number of imide groups is 1. The minimum absolute atomic E-state index is 0.374. The number of carbonyl (C=O) groups is 3. The summed E-state index contributed by atoms with van der Waals surface area (Å²) in [5, 5.41) is 2.50. The number of hydrogen-bond acceptors (Lipinski definition) is 4. The number of ether oxygens (including phenoxy) is 1. The number of rotatable bonds is 2. The molecule has 0 saturated carbocycles. The molecule has 0 atom stereocenters. The van der Waals surface area contributed by atoms with E-state index in [4.69, 9.17) is 0 Å². The number of benzene rings is 2. The lowest BCUT2D eigenvalue weighted by Crippen LogP contribution is -2.29. The molecule has 2 aromatic carbocycles. The highest BCUT2D eigenvalue weighted by atomic mass is 16.5. The van der Waals surface area contributed by atoms with Crippen LogP contribution in [-0.2, 0) is 4.74 Å². The Kier molecular flexibility index (Phi) is 3.34. The van der Waals surface area contributed by atoms with Crippen LogP contribution >= 0.6 is 0 Å². The van der Waals surface area contributed by atoms with Crippen molar-refractivity contribution in [1.29, 1.82) is 0 Å². The van der Waals surface area contributed by atoms with Gasteiger partial charge in [-0.2, -0.15) is 0 Å². The van der Waals surface area contributed by atoms with Crippen molar-refractivity contribution < 1.29 is 19.1 Å². The van der Waals surface area contributed by atoms with E-state index in [1.807, 2.05) is 0 Å². The molecule has 3 rings (SSSR count). The third kappa shape index (κ3) is 2.20. The van der Waals surface area contributed by atoms with Gasteiger partial charge in [0.15, 0.2) is 0 Å². The molecule has 2 aromatic rings. The van der Waals surface area contributed by atoms with Crippen molar-refractivity contribution in [2.24, 2.45) is 0 Å². The summed E-state index contributed by atoms with van der Waals surface area (Å²) < 4.78 is 4.51. The van der Waals surface area contributed by atoms with Gasteiger partial charge < -0.3 is 4.74 Å². The molecule has 6 heteroatoms. The average molecular weight is 296 g/mol. The fraction of sp³-hybridized carbons (Fsp3) is 0.0625. The van der Waals surface area contributed by atoms with E-state index in [0.29, 0.717) is 22.5 Å². The van der Waals surface area contributed by atoms with Crippen LogP contribution in [0.5, 0.6) is 0 Å². The van der Waals surface area contributed by atoms with E-state index in [1.54, 1.807) is 48.5 Å². The number of fused-ring (bicyclic) bond motifs is 1. The molecule has 0 aliphatic carbocycles. The Hall–Kier alpha value is -3.15. The van der Waals surface area contributed by atoms with Crippen LogP contribution in [0.1, 0.15) is 20.7 Å². The highest BCUT2D eigenvalue weighted by Gasteiger charge is 2.36. The first-order valence-corrected chi connectivity index (χ1v) is 6.54. The highest BCUT2D eigenvalue weighted by molar-refractivity contribution is 6.34. The predicted molar refractivity (Wildman–Crippen MR) is 80.1 cm³/mol. The van der Waals surface area contributed by atoms with E-state index in [0.717, 1.165) is 4.90 Å². The van der Waals surface area contributed by atoms with Gasteiger partial charge in [0, 0.05) is 5.69 Å². The van der Waals surface area contributed by atoms with Crippen LogP contribution in [-0.4, -0.2) is 25.0 Å². The minimum Gasteiger partial charge on any atom is -0.453 e. The van der Waals surface area contributed by atoms with Crippen molar-refractivity contribution in [3.05, 3.63) is 59.7 Å². The van der Waals surface area contributed by atoms with Crippen molar-refractivity contribution in [1.82, 2.24) is 0 Å². The van der Waals surface area contributed by atoms with E-state index in [2.05, 4.69) is 10.1 Å². The lowest BCUT2D eigenvalue weighted by Gasteiger charge is -2.15. The third-order valence-corrected chi connectivity index (χ3v) is 3.33. The van der Waals surface area contributed by atoms with Crippen LogP contribution in [0, 0.1) is 0 Å². The van der Waals surface area contributed by atoms with E-state index < -0.39 is 6.09 Å². The summed E-state index contributed by atoms with van der Waals surface area (Å²) in [6, 6.07) is 13.1. The van der Waals surface area contributed by atoms with Gasteiger partial charge in [0.05, 0.1) is 23.9 Å². The average Bonchev–Trinajstić information content (AvgIpc) is 2.79. The van der Waals surface area contributed by atoms with Gasteiger partial charge in [-0.25, -0.2) is 9.69 Å². The molecule has 1 N–H and O–H groups in total. The monoisotopic (exact) mass is 296 g/mol. The molecular weight excluding hydrogens is 284 g/mol. The number of hydrogen-bond donors (Lipinski definition) is 1. The molecule has 0 bridgehead atoms. The number of nitrogens with one attached hydrogen (secondary N) is 1. The lowest BCUT2D eigenvalue weighted by atomic mass is 10.1. The van der Waals surface area contributed by atoms with Crippen molar-refractivity contribution in [2.75, 3.05) is 17.3 Å². The molecule has 0 aromatic heterocycles. The van der Waals surface area contributed by atoms with Gasteiger partial charge in [0.25, 0.3) is 11.8 Å². The molecule has 0 spiro atoms. The molecule has 0 radical (unpaired) electrons. The standard InChI is InChI=1S/C16H12N2O4/c1-22-16(21)17-10-5-4-6-11(9-10)18-14(19)12-7-2-3-8-13(12)15(18)20/h2-9H,1H3,(H,17,21). The topological polar surface area (TPSA) is 75.7 Å². The fourth-order valence-corrected chi connectivity index (χ4v) is 2.32. The Balaban J connectivity index is 1.96. The van der Waals surface area contributed by atoms with E-state index >= 15 is 0 Å². The molecular formula is C16H12N2O4. The second kappa shape index (κ2) is 5.33. The molecule has 0 saturated heterocycles. The summed E-state index contributed by atoms with van der Waals surface area (Å²) in [4.78, 5) is 37.1. The minimum atomic E-state index is -0.625. The smallest absolute Gasteiger partial charge is 0.411 e. The van der Waals surface area contributed by atoms with Crippen LogP contribution in [0.4, 0.5) is 16.2 Å². The van der Waals surface area contributed by atoms with Crippen molar-refractivity contribution in [2.45, 2.75) is 0 Å². The van der Waals surface area contributed by atoms with E-state index in [1.165, 1.54) is 7.11 Å². The third-order valence-electron chi connectivity index (χ3n) is 3.33. The largest absolute Gasteiger partial charge is 0.453 e. The molecule has 6 nitrogen and oxygen atoms in total. The first-order valence-electron chi connectivity index (χ1n) is 6.54. The van der Waals surface area contributed by atoms with Gasteiger partial charge in [0.2, 0.25) is 0 Å².